The monoisotopic (exact) mass is 425 g/mol. The third-order valence-electron chi connectivity index (χ3n) is 5.25. The molecule has 1 heterocycles. The molecule has 0 aliphatic carbocycles. The van der Waals surface area contributed by atoms with E-state index in [0.29, 0.717) is 11.5 Å². The molecule has 158 valence electrons. The van der Waals surface area contributed by atoms with E-state index in [1.54, 1.807) is 30.3 Å². The molecule has 1 aromatic heterocycles. The van der Waals surface area contributed by atoms with Crippen molar-refractivity contribution in [2.24, 2.45) is 0 Å². The van der Waals surface area contributed by atoms with Gasteiger partial charge in [-0.2, -0.15) is 0 Å². The lowest BCUT2D eigenvalue weighted by Gasteiger charge is -2.23. The molecular formula is C24H27NO4S. The zero-order chi connectivity index (χ0) is 22.2. The van der Waals surface area contributed by atoms with Gasteiger partial charge < -0.3 is 4.52 Å². The second-order valence-electron chi connectivity index (χ2n) is 8.94. The van der Waals surface area contributed by atoms with E-state index in [0.717, 1.165) is 11.1 Å². The summed E-state index contributed by atoms with van der Waals surface area (Å²) in [4.78, 5) is 13.1. The molecule has 0 saturated carbocycles. The van der Waals surface area contributed by atoms with Crippen LogP contribution in [0.15, 0.2) is 70.1 Å². The Bertz CT molecular complexity index is 1140. The number of ketones is 1. The first-order valence-electron chi connectivity index (χ1n) is 9.82. The van der Waals surface area contributed by atoms with Gasteiger partial charge in [-0.3, -0.25) is 4.79 Å². The van der Waals surface area contributed by atoms with Crippen molar-refractivity contribution in [1.82, 2.24) is 5.16 Å². The molecule has 0 atom stereocenters. The summed E-state index contributed by atoms with van der Waals surface area (Å²) in [5.41, 5.74) is 2.11. The Morgan fingerprint density at radius 2 is 1.47 bits per heavy atom. The summed E-state index contributed by atoms with van der Waals surface area (Å²) >= 11 is 0. The first-order chi connectivity index (χ1) is 13.9. The second kappa shape index (κ2) is 7.84. The SMILES string of the molecule is CC(C)(C)c1cc(CC(=O)C(C)(C)S(=O)(=O)c2ccc(-c3ccccc3)cc2)no1. The number of nitrogens with zero attached hydrogens (tertiary/aromatic N) is 1. The Balaban J connectivity index is 1.83. The van der Waals surface area contributed by atoms with E-state index in [1.165, 1.54) is 13.8 Å². The van der Waals surface area contributed by atoms with Crippen molar-refractivity contribution in [2.45, 2.75) is 56.1 Å². The van der Waals surface area contributed by atoms with Gasteiger partial charge >= 0.3 is 0 Å². The molecule has 3 aromatic rings. The maximum atomic E-state index is 13.2. The van der Waals surface area contributed by atoms with Gasteiger partial charge in [0.1, 0.15) is 10.5 Å². The number of carbonyl (C=O) groups is 1. The average molecular weight is 426 g/mol. The third kappa shape index (κ3) is 4.24. The average Bonchev–Trinajstić information content (AvgIpc) is 3.17. The van der Waals surface area contributed by atoms with Crippen molar-refractivity contribution < 1.29 is 17.7 Å². The predicted molar refractivity (Wildman–Crippen MR) is 117 cm³/mol. The molecule has 0 N–H and O–H groups in total. The maximum Gasteiger partial charge on any atom is 0.190 e. The fraction of sp³-hybridized carbons (Fsp3) is 0.333. The van der Waals surface area contributed by atoms with E-state index in [9.17, 15) is 13.2 Å². The zero-order valence-electron chi connectivity index (χ0n) is 18.0. The largest absolute Gasteiger partial charge is 0.361 e. The van der Waals surface area contributed by atoms with Crippen LogP contribution in [0.1, 0.15) is 46.1 Å². The molecule has 3 rings (SSSR count). The highest BCUT2D eigenvalue weighted by atomic mass is 32.2. The third-order valence-corrected chi connectivity index (χ3v) is 7.72. The van der Waals surface area contributed by atoms with E-state index in [1.807, 2.05) is 51.1 Å². The topological polar surface area (TPSA) is 77.2 Å². The minimum Gasteiger partial charge on any atom is -0.361 e. The van der Waals surface area contributed by atoms with E-state index in [2.05, 4.69) is 5.16 Å². The van der Waals surface area contributed by atoms with Gasteiger partial charge in [0.25, 0.3) is 0 Å². The molecule has 0 unspecified atom stereocenters. The van der Waals surface area contributed by atoms with Gasteiger partial charge in [-0.05, 0) is 37.1 Å². The normalized spacial score (nSPS) is 12.7. The first kappa shape index (κ1) is 22.0. The predicted octanol–water partition coefficient (Wildman–Crippen LogP) is 5.00. The van der Waals surface area contributed by atoms with Crippen LogP contribution in [0.3, 0.4) is 0 Å². The molecule has 0 aliphatic heterocycles. The summed E-state index contributed by atoms with van der Waals surface area (Å²) in [5, 5.41) is 3.95. The summed E-state index contributed by atoms with van der Waals surface area (Å²) < 4.78 is 30.2. The number of sulfone groups is 1. The number of Topliss-reactive ketones (excluding diaryl/α,β-unsaturated/α-hetero) is 1. The highest BCUT2D eigenvalue weighted by Gasteiger charge is 2.42. The van der Waals surface area contributed by atoms with E-state index in [4.69, 9.17) is 4.52 Å². The van der Waals surface area contributed by atoms with Crippen LogP contribution in [-0.4, -0.2) is 24.1 Å². The van der Waals surface area contributed by atoms with Crippen molar-refractivity contribution in [3.63, 3.8) is 0 Å². The van der Waals surface area contributed by atoms with Crippen molar-refractivity contribution in [3.8, 4) is 11.1 Å². The molecule has 0 bridgehead atoms. The van der Waals surface area contributed by atoms with Gasteiger partial charge in [0.2, 0.25) is 0 Å². The molecule has 0 aliphatic rings. The summed E-state index contributed by atoms with van der Waals surface area (Å²) in [6.45, 7) is 8.83. The number of hydrogen-bond donors (Lipinski definition) is 0. The van der Waals surface area contributed by atoms with Crippen molar-refractivity contribution in [1.29, 1.82) is 0 Å². The summed E-state index contributed by atoms with van der Waals surface area (Å²) in [7, 11) is -3.89. The van der Waals surface area contributed by atoms with Gasteiger partial charge in [0.05, 0.1) is 17.0 Å². The minimum atomic E-state index is -3.89. The standard InChI is InChI=1S/C24H27NO4S/c1-23(2,3)22-16-19(25-29-22)15-21(26)24(4,5)30(27,28)20-13-11-18(12-14-20)17-9-7-6-8-10-17/h6-14,16H,15H2,1-5H3. The number of carbonyl (C=O) groups excluding carboxylic acids is 1. The van der Waals surface area contributed by atoms with Crippen LogP contribution in [-0.2, 0) is 26.5 Å². The molecule has 0 radical (unpaired) electrons. The highest BCUT2D eigenvalue weighted by molar-refractivity contribution is 7.93. The quantitative estimate of drug-likeness (QED) is 0.555. The first-order valence-corrected chi connectivity index (χ1v) is 11.3. The van der Waals surface area contributed by atoms with Gasteiger partial charge in [-0.15, -0.1) is 0 Å². The van der Waals surface area contributed by atoms with Gasteiger partial charge in [-0.25, -0.2) is 8.42 Å². The summed E-state index contributed by atoms with van der Waals surface area (Å²) in [6, 6.07) is 18.0. The molecule has 30 heavy (non-hydrogen) atoms. The highest BCUT2D eigenvalue weighted by Crippen LogP contribution is 2.30. The lowest BCUT2D eigenvalue weighted by Crippen LogP contribution is -2.41. The Labute approximate surface area is 178 Å². The van der Waals surface area contributed by atoms with E-state index >= 15 is 0 Å². The minimum absolute atomic E-state index is 0.103. The van der Waals surface area contributed by atoms with Crippen molar-refractivity contribution >= 4 is 15.6 Å². The van der Waals surface area contributed by atoms with Gasteiger partial charge in [0, 0.05) is 11.5 Å². The van der Waals surface area contributed by atoms with Crippen LogP contribution in [0.4, 0.5) is 0 Å². The lowest BCUT2D eigenvalue weighted by atomic mass is 9.92. The van der Waals surface area contributed by atoms with Crippen molar-refractivity contribution in [2.75, 3.05) is 0 Å². The summed E-state index contributed by atoms with van der Waals surface area (Å²) in [5.74, 6) is 0.228. The lowest BCUT2D eigenvalue weighted by molar-refractivity contribution is -0.120. The van der Waals surface area contributed by atoms with Crippen LogP contribution in [0.25, 0.3) is 11.1 Å². The van der Waals surface area contributed by atoms with Crippen LogP contribution in [0.2, 0.25) is 0 Å². The Kier molecular flexibility index (Phi) is 5.74. The van der Waals surface area contributed by atoms with E-state index < -0.39 is 20.4 Å². The molecular weight excluding hydrogens is 398 g/mol. The molecule has 0 amide bonds. The fourth-order valence-electron chi connectivity index (χ4n) is 3.03. The molecule has 2 aromatic carbocycles. The van der Waals surface area contributed by atoms with Crippen LogP contribution in [0.5, 0.6) is 0 Å². The molecule has 5 nitrogen and oxygen atoms in total. The number of rotatable bonds is 6. The number of aromatic nitrogens is 1. The van der Waals surface area contributed by atoms with Crippen LogP contribution < -0.4 is 0 Å². The van der Waals surface area contributed by atoms with Crippen molar-refractivity contribution in [3.05, 3.63) is 72.1 Å². The van der Waals surface area contributed by atoms with Crippen LogP contribution in [0, 0.1) is 0 Å². The van der Waals surface area contributed by atoms with Gasteiger partial charge in [0.15, 0.2) is 15.6 Å². The van der Waals surface area contributed by atoms with E-state index in [-0.39, 0.29) is 16.7 Å². The molecule has 0 fully saturated rings. The number of benzene rings is 2. The fourth-order valence-corrected chi connectivity index (χ4v) is 4.48. The number of hydrogen-bond acceptors (Lipinski definition) is 5. The Hall–Kier alpha value is -2.73. The molecule has 0 saturated heterocycles. The van der Waals surface area contributed by atoms with Crippen LogP contribution >= 0.6 is 0 Å². The Morgan fingerprint density at radius 1 is 0.900 bits per heavy atom. The maximum absolute atomic E-state index is 13.2. The summed E-state index contributed by atoms with van der Waals surface area (Å²) in [6.07, 6.45) is -0.103. The smallest absolute Gasteiger partial charge is 0.190 e. The Morgan fingerprint density at radius 3 is 2.00 bits per heavy atom. The molecule has 0 spiro atoms. The van der Waals surface area contributed by atoms with Gasteiger partial charge in [-0.1, -0.05) is 68.4 Å². The zero-order valence-corrected chi connectivity index (χ0v) is 18.8. The second-order valence-corrected chi connectivity index (χ2v) is 11.4. The molecule has 6 heteroatoms.